The fraction of sp³-hybridized carbons (Fsp3) is 0.429. The van der Waals surface area contributed by atoms with Gasteiger partial charge in [0.2, 0.25) is 5.56 Å². The minimum absolute atomic E-state index is 0.0298. The molecule has 1 aliphatic carbocycles. The molecule has 2 aromatic rings. The number of nitrogens with one attached hydrogen (secondary N) is 1. The smallest absolute Gasteiger partial charge is 0.255 e. The lowest BCUT2D eigenvalue weighted by atomic mass is 9.66. The van der Waals surface area contributed by atoms with E-state index in [9.17, 15) is 14.7 Å². The summed E-state index contributed by atoms with van der Waals surface area (Å²) in [6, 6.07) is 12.9. The van der Waals surface area contributed by atoms with E-state index in [0.29, 0.717) is 18.5 Å². The minimum Gasteiger partial charge on any atom is -0.385 e. The van der Waals surface area contributed by atoms with Crippen LogP contribution in [-0.4, -0.2) is 33.5 Å². The summed E-state index contributed by atoms with van der Waals surface area (Å²) in [5.41, 5.74) is 0.356. The zero-order valence-corrected chi connectivity index (χ0v) is 14.7. The van der Waals surface area contributed by atoms with Crippen LogP contribution in [0.4, 0.5) is 0 Å². The number of fused-ring (bicyclic) bond motifs is 1. The molecule has 0 bridgehead atoms. The van der Waals surface area contributed by atoms with Gasteiger partial charge in [-0.3, -0.25) is 9.59 Å². The number of amides is 1. The van der Waals surface area contributed by atoms with E-state index in [-0.39, 0.29) is 23.4 Å². The van der Waals surface area contributed by atoms with E-state index in [1.54, 1.807) is 6.07 Å². The number of hydrogen-bond donors (Lipinski definition) is 2. The molecule has 2 fully saturated rings. The predicted octanol–water partition coefficient (Wildman–Crippen LogP) is 2.67. The fourth-order valence-electron chi connectivity index (χ4n) is 4.73. The van der Waals surface area contributed by atoms with E-state index in [2.05, 4.69) is 4.98 Å². The van der Waals surface area contributed by atoms with Crippen LogP contribution >= 0.6 is 0 Å². The molecule has 2 heterocycles. The number of H-pyrrole nitrogens is 1. The van der Waals surface area contributed by atoms with Gasteiger partial charge in [0.1, 0.15) is 0 Å². The topological polar surface area (TPSA) is 73.4 Å². The van der Waals surface area contributed by atoms with Gasteiger partial charge in [0, 0.05) is 30.8 Å². The second-order valence-electron chi connectivity index (χ2n) is 7.44. The third-order valence-electron chi connectivity index (χ3n) is 6.04. The Morgan fingerprint density at radius 3 is 2.62 bits per heavy atom. The Kier molecular flexibility index (Phi) is 4.41. The maximum absolute atomic E-state index is 13.0. The zero-order chi connectivity index (χ0) is 18.1. The quantitative estimate of drug-likeness (QED) is 0.873. The summed E-state index contributed by atoms with van der Waals surface area (Å²) in [6.07, 6.45) is 6.01. The lowest BCUT2D eigenvalue weighted by molar-refractivity contribution is -0.110. The van der Waals surface area contributed by atoms with Crippen molar-refractivity contribution in [1.29, 1.82) is 0 Å². The number of pyridine rings is 1. The molecule has 5 heteroatoms. The first-order valence-electron chi connectivity index (χ1n) is 9.37. The van der Waals surface area contributed by atoms with Crippen LogP contribution in [0.1, 0.15) is 48.0 Å². The van der Waals surface area contributed by atoms with Gasteiger partial charge in [-0.15, -0.1) is 0 Å². The van der Waals surface area contributed by atoms with E-state index >= 15 is 0 Å². The monoisotopic (exact) mass is 352 g/mol. The number of likely N-dealkylation sites (tertiary alicyclic amines) is 1. The molecule has 1 aromatic heterocycles. The summed E-state index contributed by atoms with van der Waals surface area (Å²) in [6.45, 7) is 0.518. The van der Waals surface area contributed by atoms with Gasteiger partial charge >= 0.3 is 0 Å². The second kappa shape index (κ2) is 6.72. The van der Waals surface area contributed by atoms with Gasteiger partial charge in [0.05, 0.1) is 11.2 Å². The number of hydrogen-bond acceptors (Lipinski definition) is 3. The summed E-state index contributed by atoms with van der Waals surface area (Å²) in [4.78, 5) is 28.8. The molecule has 0 spiro atoms. The molecular weight excluding hydrogens is 328 g/mol. The molecule has 5 nitrogen and oxygen atoms in total. The third kappa shape index (κ3) is 2.86. The predicted molar refractivity (Wildman–Crippen MR) is 98.8 cm³/mol. The Morgan fingerprint density at radius 1 is 1.12 bits per heavy atom. The normalized spacial score (nSPS) is 28.4. The highest BCUT2D eigenvalue weighted by atomic mass is 16.3. The SMILES string of the molecule is O=C(c1ccc(=O)[nH]c1)N1CCC(O)(c2ccccc2)[C@@H]2CCCC[C@@H]21. The molecule has 1 aliphatic heterocycles. The van der Waals surface area contributed by atoms with Gasteiger partial charge in [-0.2, -0.15) is 0 Å². The second-order valence-corrected chi connectivity index (χ2v) is 7.44. The van der Waals surface area contributed by atoms with Crippen LogP contribution in [0.3, 0.4) is 0 Å². The molecule has 2 N–H and O–H groups in total. The third-order valence-corrected chi connectivity index (χ3v) is 6.04. The van der Waals surface area contributed by atoms with Crippen molar-refractivity contribution in [3.8, 4) is 0 Å². The first kappa shape index (κ1) is 17.0. The first-order valence-corrected chi connectivity index (χ1v) is 9.37. The standard InChI is InChI=1S/C21H24N2O3/c24-19-11-10-15(14-22-19)20(25)23-13-12-21(26,16-6-2-1-3-7-16)17-8-4-5-9-18(17)23/h1-3,6-7,10-11,14,17-18,26H,4-5,8-9,12-13H2,(H,22,24)/t17-,18+,21?/m1/s1. The van der Waals surface area contributed by atoms with Gasteiger partial charge < -0.3 is 15.0 Å². The van der Waals surface area contributed by atoms with Crippen molar-refractivity contribution >= 4 is 5.91 Å². The summed E-state index contributed by atoms with van der Waals surface area (Å²) >= 11 is 0. The van der Waals surface area contributed by atoms with Crippen LogP contribution in [-0.2, 0) is 5.60 Å². The van der Waals surface area contributed by atoms with E-state index < -0.39 is 5.60 Å². The summed E-state index contributed by atoms with van der Waals surface area (Å²) in [5, 5.41) is 11.6. The van der Waals surface area contributed by atoms with Crippen molar-refractivity contribution in [1.82, 2.24) is 9.88 Å². The number of aromatic amines is 1. The number of benzene rings is 1. The molecule has 1 unspecified atom stereocenters. The van der Waals surface area contributed by atoms with Gasteiger partial charge in [0.25, 0.3) is 5.91 Å². The maximum atomic E-state index is 13.0. The number of carbonyl (C=O) groups is 1. The molecule has 26 heavy (non-hydrogen) atoms. The van der Waals surface area contributed by atoms with Crippen molar-refractivity contribution < 1.29 is 9.90 Å². The summed E-state index contributed by atoms with van der Waals surface area (Å²) in [7, 11) is 0. The Hall–Kier alpha value is -2.40. The van der Waals surface area contributed by atoms with Crippen LogP contribution < -0.4 is 5.56 Å². The maximum Gasteiger partial charge on any atom is 0.255 e. The van der Waals surface area contributed by atoms with Gasteiger partial charge in [0.15, 0.2) is 0 Å². The Bertz CT molecular complexity index is 827. The first-order chi connectivity index (χ1) is 12.6. The lowest BCUT2D eigenvalue weighted by Gasteiger charge is -2.52. The Balaban J connectivity index is 1.65. The molecule has 3 atom stereocenters. The molecule has 1 saturated carbocycles. The molecular formula is C21H24N2O3. The van der Waals surface area contributed by atoms with Gasteiger partial charge in [-0.25, -0.2) is 0 Å². The Morgan fingerprint density at radius 2 is 1.88 bits per heavy atom. The molecule has 0 radical (unpaired) electrons. The average Bonchev–Trinajstić information content (AvgIpc) is 2.69. The number of carbonyl (C=O) groups excluding carboxylic acids is 1. The fourth-order valence-corrected chi connectivity index (χ4v) is 4.73. The van der Waals surface area contributed by atoms with E-state index in [4.69, 9.17) is 0 Å². The molecule has 1 aromatic carbocycles. The molecule has 1 saturated heterocycles. The number of piperidine rings is 1. The van der Waals surface area contributed by atoms with E-state index in [1.807, 2.05) is 35.2 Å². The van der Waals surface area contributed by atoms with Crippen molar-refractivity contribution in [3.05, 3.63) is 70.1 Å². The highest BCUT2D eigenvalue weighted by Crippen LogP contribution is 2.47. The van der Waals surface area contributed by atoms with Crippen LogP contribution in [0, 0.1) is 5.92 Å². The van der Waals surface area contributed by atoms with Gasteiger partial charge in [-0.05, 0) is 30.9 Å². The number of nitrogens with zero attached hydrogens (tertiary/aromatic N) is 1. The minimum atomic E-state index is -0.881. The lowest BCUT2D eigenvalue weighted by Crippen LogP contribution is -2.59. The molecule has 136 valence electrons. The van der Waals surface area contributed by atoms with E-state index in [1.165, 1.54) is 12.3 Å². The van der Waals surface area contributed by atoms with Crippen molar-refractivity contribution in [3.63, 3.8) is 0 Å². The summed E-state index contributed by atoms with van der Waals surface area (Å²) < 4.78 is 0. The number of aliphatic hydroxyl groups is 1. The number of aromatic nitrogens is 1. The van der Waals surface area contributed by atoms with Crippen LogP contribution in [0.2, 0.25) is 0 Å². The largest absolute Gasteiger partial charge is 0.385 e. The number of rotatable bonds is 2. The van der Waals surface area contributed by atoms with Crippen LogP contribution in [0.25, 0.3) is 0 Å². The van der Waals surface area contributed by atoms with Crippen LogP contribution in [0.5, 0.6) is 0 Å². The van der Waals surface area contributed by atoms with Gasteiger partial charge in [-0.1, -0.05) is 43.2 Å². The van der Waals surface area contributed by atoms with Crippen molar-refractivity contribution in [2.45, 2.75) is 43.7 Å². The zero-order valence-electron chi connectivity index (χ0n) is 14.7. The molecule has 1 amide bonds. The summed E-state index contributed by atoms with van der Waals surface area (Å²) in [5.74, 6) is -0.0210. The van der Waals surface area contributed by atoms with Crippen molar-refractivity contribution in [2.24, 2.45) is 5.92 Å². The highest BCUT2D eigenvalue weighted by Gasteiger charge is 2.50. The average molecular weight is 352 g/mol. The van der Waals surface area contributed by atoms with E-state index in [0.717, 1.165) is 31.2 Å². The molecule has 2 aliphatic rings. The Labute approximate surface area is 152 Å². The highest BCUT2D eigenvalue weighted by molar-refractivity contribution is 5.94. The molecule has 4 rings (SSSR count). The van der Waals surface area contributed by atoms with Crippen molar-refractivity contribution in [2.75, 3.05) is 6.54 Å². The van der Waals surface area contributed by atoms with Crippen LogP contribution in [0.15, 0.2) is 53.5 Å².